The molecule has 0 saturated heterocycles. The Morgan fingerprint density at radius 2 is 2.11 bits per heavy atom. The van der Waals surface area contributed by atoms with Crippen molar-refractivity contribution in [3.8, 4) is 5.75 Å². The van der Waals surface area contributed by atoms with E-state index in [0.717, 1.165) is 25.7 Å². The average Bonchev–Trinajstić information content (AvgIpc) is 2.75. The molecule has 1 aromatic carbocycles. The van der Waals surface area contributed by atoms with Gasteiger partial charge in [0, 0.05) is 12.1 Å². The first-order valence-electron chi connectivity index (χ1n) is 5.79. The third kappa shape index (κ3) is 2.91. The molecular formula is C12H14ClNO4. The van der Waals surface area contributed by atoms with Gasteiger partial charge in [-0.3, -0.25) is 10.1 Å². The number of benzene rings is 1. The third-order valence-electron chi connectivity index (χ3n) is 3.16. The molecule has 0 atom stereocenters. The van der Waals surface area contributed by atoms with E-state index in [-0.39, 0.29) is 17.3 Å². The van der Waals surface area contributed by atoms with Crippen LogP contribution in [0.3, 0.4) is 0 Å². The van der Waals surface area contributed by atoms with Crippen LogP contribution in [-0.2, 0) is 0 Å². The van der Waals surface area contributed by atoms with Gasteiger partial charge in [0.15, 0.2) is 0 Å². The van der Waals surface area contributed by atoms with Crippen LogP contribution >= 0.6 is 11.6 Å². The van der Waals surface area contributed by atoms with E-state index in [1.165, 1.54) is 18.2 Å². The van der Waals surface area contributed by atoms with E-state index in [4.69, 9.17) is 16.3 Å². The van der Waals surface area contributed by atoms with E-state index in [0.29, 0.717) is 5.75 Å². The zero-order chi connectivity index (χ0) is 13.2. The number of nitro benzene ring substituents is 1. The Bertz CT molecular complexity index is 457. The second-order valence-corrected chi connectivity index (χ2v) is 5.00. The smallest absolute Gasteiger partial charge is 0.271 e. The minimum Gasteiger partial charge on any atom is -0.489 e. The Balaban J connectivity index is 2.03. The van der Waals surface area contributed by atoms with E-state index in [1.807, 2.05) is 0 Å². The summed E-state index contributed by atoms with van der Waals surface area (Å²) in [5.74, 6) is 0.364. The minimum atomic E-state index is -0.787. The zero-order valence-electron chi connectivity index (χ0n) is 9.76. The molecule has 1 fully saturated rings. The molecule has 1 aromatic rings. The van der Waals surface area contributed by atoms with E-state index < -0.39 is 10.5 Å². The van der Waals surface area contributed by atoms with Crippen LogP contribution in [0.4, 0.5) is 5.69 Å². The number of rotatable bonds is 4. The summed E-state index contributed by atoms with van der Waals surface area (Å²) in [6, 6.07) is 4.04. The van der Waals surface area contributed by atoms with Gasteiger partial charge < -0.3 is 9.84 Å². The molecule has 1 N–H and O–H groups in total. The molecular weight excluding hydrogens is 258 g/mol. The Kier molecular flexibility index (Phi) is 3.73. The molecule has 1 aliphatic rings. The molecule has 0 aromatic heterocycles. The van der Waals surface area contributed by atoms with Crippen LogP contribution < -0.4 is 4.74 Å². The summed E-state index contributed by atoms with van der Waals surface area (Å²) >= 11 is 5.89. The first-order valence-corrected chi connectivity index (χ1v) is 6.17. The van der Waals surface area contributed by atoms with Crippen LogP contribution in [0.5, 0.6) is 5.75 Å². The second kappa shape index (κ2) is 5.12. The van der Waals surface area contributed by atoms with Crippen molar-refractivity contribution in [2.24, 2.45) is 0 Å². The van der Waals surface area contributed by atoms with Gasteiger partial charge >= 0.3 is 0 Å². The summed E-state index contributed by atoms with van der Waals surface area (Å²) in [6.45, 7) is 0.171. The molecule has 2 rings (SSSR count). The van der Waals surface area contributed by atoms with Crippen molar-refractivity contribution in [1.29, 1.82) is 0 Å². The van der Waals surface area contributed by atoms with E-state index in [9.17, 15) is 15.2 Å². The van der Waals surface area contributed by atoms with Gasteiger partial charge in [-0.1, -0.05) is 24.4 Å². The Morgan fingerprint density at radius 3 is 2.67 bits per heavy atom. The molecule has 6 heteroatoms. The van der Waals surface area contributed by atoms with Crippen molar-refractivity contribution in [3.05, 3.63) is 33.3 Å². The first kappa shape index (κ1) is 13.1. The van der Waals surface area contributed by atoms with Gasteiger partial charge in [-0.05, 0) is 18.9 Å². The quantitative estimate of drug-likeness (QED) is 0.675. The highest BCUT2D eigenvalue weighted by atomic mass is 35.5. The molecule has 0 unspecified atom stereocenters. The van der Waals surface area contributed by atoms with Crippen LogP contribution in [0, 0.1) is 10.1 Å². The number of aliphatic hydroxyl groups is 1. The monoisotopic (exact) mass is 271 g/mol. The molecule has 5 nitrogen and oxygen atoms in total. The minimum absolute atomic E-state index is 0.0769. The van der Waals surface area contributed by atoms with Gasteiger partial charge in [0.05, 0.1) is 15.5 Å². The predicted octanol–water partition coefficient (Wildman–Crippen LogP) is 2.93. The fourth-order valence-electron chi connectivity index (χ4n) is 2.11. The fraction of sp³-hybridized carbons (Fsp3) is 0.500. The van der Waals surface area contributed by atoms with Crippen molar-refractivity contribution in [2.75, 3.05) is 6.61 Å². The van der Waals surface area contributed by atoms with E-state index in [1.54, 1.807) is 0 Å². The highest BCUT2D eigenvalue weighted by Crippen LogP contribution is 2.33. The molecule has 0 spiro atoms. The molecule has 1 aliphatic carbocycles. The summed E-state index contributed by atoms with van der Waals surface area (Å²) in [4.78, 5) is 10.0. The standard InChI is InChI=1S/C12H14ClNO4/c13-10-7-9(14(16)17)3-4-11(10)18-8-12(15)5-1-2-6-12/h3-4,7,15H,1-2,5-6,8H2. The van der Waals surface area contributed by atoms with Gasteiger partial charge in [0.25, 0.3) is 5.69 Å². The first-order chi connectivity index (χ1) is 8.50. The Labute approximate surface area is 109 Å². The van der Waals surface area contributed by atoms with Crippen molar-refractivity contribution < 1.29 is 14.8 Å². The van der Waals surface area contributed by atoms with Gasteiger partial charge in [-0.2, -0.15) is 0 Å². The van der Waals surface area contributed by atoms with Crippen molar-refractivity contribution in [2.45, 2.75) is 31.3 Å². The van der Waals surface area contributed by atoms with Crippen molar-refractivity contribution in [3.63, 3.8) is 0 Å². The molecule has 0 heterocycles. The number of hydrogen-bond donors (Lipinski definition) is 1. The number of halogens is 1. The van der Waals surface area contributed by atoms with Crippen LogP contribution in [0.2, 0.25) is 5.02 Å². The van der Waals surface area contributed by atoms with Gasteiger partial charge in [0.1, 0.15) is 12.4 Å². The summed E-state index contributed by atoms with van der Waals surface area (Å²) in [5.41, 5.74) is -0.864. The molecule has 0 amide bonds. The normalized spacial score (nSPS) is 17.7. The zero-order valence-corrected chi connectivity index (χ0v) is 10.5. The second-order valence-electron chi connectivity index (χ2n) is 4.59. The largest absolute Gasteiger partial charge is 0.489 e. The summed E-state index contributed by atoms with van der Waals surface area (Å²) in [7, 11) is 0. The number of non-ortho nitro benzene ring substituents is 1. The number of nitrogens with zero attached hydrogens (tertiary/aromatic N) is 1. The predicted molar refractivity (Wildman–Crippen MR) is 67.0 cm³/mol. The lowest BCUT2D eigenvalue weighted by Gasteiger charge is -2.22. The number of hydrogen-bond acceptors (Lipinski definition) is 4. The van der Waals surface area contributed by atoms with Crippen molar-refractivity contribution in [1.82, 2.24) is 0 Å². The van der Waals surface area contributed by atoms with Gasteiger partial charge in [-0.25, -0.2) is 0 Å². The maximum absolute atomic E-state index is 10.5. The topological polar surface area (TPSA) is 72.6 Å². The maximum Gasteiger partial charge on any atom is 0.271 e. The van der Waals surface area contributed by atoms with Crippen LogP contribution in [0.15, 0.2) is 18.2 Å². The SMILES string of the molecule is O=[N+]([O-])c1ccc(OCC2(O)CCCC2)c(Cl)c1. The molecule has 0 bridgehead atoms. The third-order valence-corrected chi connectivity index (χ3v) is 3.45. The number of ether oxygens (including phenoxy) is 1. The average molecular weight is 272 g/mol. The highest BCUT2D eigenvalue weighted by molar-refractivity contribution is 6.32. The Hall–Kier alpha value is -1.33. The highest BCUT2D eigenvalue weighted by Gasteiger charge is 2.32. The lowest BCUT2D eigenvalue weighted by molar-refractivity contribution is -0.384. The molecule has 98 valence electrons. The van der Waals surface area contributed by atoms with Gasteiger partial charge in [0.2, 0.25) is 0 Å². The molecule has 0 aliphatic heterocycles. The summed E-state index contributed by atoms with van der Waals surface area (Å²) < 4.78 is 5.45. The van der Waals surface area contributed by atoms with E-state index in [2.05, 4.69) is 0 Å². The number of nitro groups is 1. The van der Waals surface area contributed by atoms with Crippen molar-refractivity contribution >= 4 is 17.3 Å². The van der Waals surface area contributed by atoms with Crippen LogP contribution in [0.1, 0.15) is 25.7 Å². The summed E-state index contributed by atoms with van der Waals surface area (Å²) in [6.07, 6.45) is 3.43. The van der Waals surface area contributed by atoms with Gasteiger partial charge in [-0.15, -0.1) is 0 Å². The Morgan fingerprint density at radius 1 is 1.44 bits per heavy atom. The van der Waals surface area contributed by atoms with E-state index >= 15 is 0 Å². The molecule has 0 radical (unpaired) electrons. The maximum atomic E-state index is 10.5. The van der Waals surface area contributed by atoms with Crippen LogP contribution in [-0.4, -0.2) is 22.2 Å². The summed E-state index contributed by atoms with van der Waals surface area (Å²) in [5, 5.41) is 20.8. The molecule has 18 heavy (non-hydrogen) atoms. The molecule has 1 saturated carbocycles. The lowest BCUT2D eigenvalue weighted by Crippen LogP contribution is -2.32. The lowest BCUT2D eigenvalue weighted by atomic mass is 10.0. The van der Waals surface area contributed by atoms with Crippen LogP contribution in [0.25, 0.3) is 0 Å². The fourth-order valence-corrected chi connectivity index (χ4v) is 2.34.